The maximum atomic E-state index is 11.8. The van der Waals surface area contributed by atoms with Gasteiger partial charge in [0.1, 0.15) is 0 Å². The second kappa shape index (κ2) is 7.33. The van der Waals surface area contributed by atoms with E-state index in [2.05, 4.69) is 5.32 Å². The van der Waals surface area contributed by atoms with Crippen LogP contribution < -0.4 is 11.1 Å². The highest BCUT2D eigenvalue weighted by Gasteiger charge is 2.25. The van der Waals surface area contributed by atoms with Crippen molar-refractivity contribution in [3.63, 3.8) is 0 Å². The minimum absolute atomic E-state index is 0.00905. The van der Waals surface area contributed by atoms with Gasteiger partial charge >= 0.3 is 5.97 Å². The number of hydrogen-bond acceptors (Lipinski definition) is 4. The van der Waals surface area contributed by atoms with Crippen molar-refractivity contribution in [3.8, 4) is 0 Å². The van der Waals surface area contributed by atoms with Gasteiger partial charge in [0, 0.05) is 18.9 Å². The van der Waals surface area contributed by atoms with Gasteiger partial charge < -0.3 is 21.3 Å². The van der Waals surface area contributed by atoms with Crippen LogP contribution in [-0.4, -0.2) is 41.3 Å². The van der Waals surface area contributed by atoms with Crippen LogP contribution in [0.2, 0.25) is 0 Å². The van der Waals surface area contributed by atoms with Crippen LogP contribution in [-0.2, 0) is 9.59 Å². The van der Waals surface area contributed by atoms with Gasteiger partial charge in [-0.15, -0.1) is 0 Å². The molecule has 18 heavy (non-hydrogen) atoms. The fourth-order valence-electron chi connectivity index (χ4n) is 2.26. The van der Waals surface area contributed by atoms with Crippen molar-refractivity contribution in [3.05, 3.63) is 0 Å². The molecule has 0 heterocycles. The van der Waals surface area contributed by atoms with E-state index < -0.39 is 12.1 Å². The van der Waals surface area contributed by atoms with Gasteiger partial charge in [-0.3, -0.25) is 4.79 Å². The first-order valence-corrected chi connectivity index (χ1v) is 6.43. The molecule has 5 N–H and O–H groups in total. The first-order valence-electron chi connectivity index (χ1n) is 6.43. The molecular formula is C12H22N2O4. The molecule has 1 unspecified atom stereocenters. The number of carbonyl (C=O) groups is 2. The molecule has 0 aromatic rings. The van der Waals surface area contributed by atoms with Gasteiger partial charge in [0.2, 0.25) is 5.91 Å². The Labute approximate surface area is 107 Å². The lowest BCUT2D eigenvalue weighted by molar-refractivity contribution is -0.147. The number of aliphatic hydroxyl groups excluding tert-OH is 1. The van der Waals surface area contributed by atoms with Gasteiger partial charge in [-0.1, -0.05) is 0 Å². The van der Waals surface area contributed by atoms with E-state index >= 15 is 0 Å². The zero-order valence-corrected chi connectivity index (χ0v) is 10.5. The molecule has 6 nitrogen and oxygen atoms in total. The molecule has 6 heteroatoms. The van der Waals surface area contributed by atoms with E-state index in [1.54, 1.807) is 0 Å². The summed E-state index contributed by atoms with van der Waals surface area (Å²) in [4.78, 5) is 22.1. The Morgan fingerprint density at radius 2 is 1.89 bits per heavy atom. The number of rotatable bonds is 6. The molecule has 0 aromatic carbocycles. The molecule has 0 radical (unpaired) electrons. The molecule has 1 aliphatic rings. The Hall–Kier alpha value is -1.14. The van der Waals surface area contributed by atoms with Crippen LogP contribution >= 0.6 is 0 Å². The summed E-state index contributed by atoms with van der Waals surface area (Å²) in [6, 6.07) is 0. The van der Waals surface area contributed by atoms with Crippen molar-refractivity contribution in [2.45, 2.75) is 38.2 Å². The topological polar surface area (TPSA) is 113 Å². The second-order valence-electron chi connectivity index (χ2n) is 4.89. The van der Waals surface area contributed by atoms with Crippen LogP contribution in [0.15, 0.2) is 0 Å². The first kappa shape index (κ1) is 14.9. The molecule has 0 bridgehead atoms. The maximum absolute atomic E-state index is 11.8. The summed E-state index contributed by atoms with van der Waals surface area (Å²) in [6.07, 6.45) is 2.28. The Kier molecular flexibility index (Phi) is 6.07. The van der Waals surface area contributed by atoms with Gasteiger partial charge in [-0.25, -0.2) is 4.79 Å². The van der Waals surface area contributed by atoms with Crippen LogP contribution in [0.4, 0.5) is 0 Å². The Morgan fingerprint density at radius 1 is 1.28 bits per heavy atom. The summed E-state index contributed by atoms with van der Waals surface area (Å²) in [7, 11) is 0. The quantitative estimate of drug-likeness (QED) is 0.522. The van der Waals surface area contributed by atoms with Crippen LogP contribution in [0.25, 0.3) is 0 Å². The lowest BCUT2D eigenvalue weighted by Crippen LogP contribution is -2.36. The summed E-state index contributed by atoms with van der Waals surface area (Å²) in [5.74, 6) is -0.756. The summed E-state index contributed by atoms with van der Waals surface area (Å²) in [6.45, 7) is 0.877. The van der Waals surface area contributed by atoms with E-state index in [9.17, 15) is 9.59 Å². The molecule has 1 saturated carbocycles. The number of nitrogens with one attached hydrogen (secondary N) is 1. The predicted octanol–water partition coefficient (Wildman–Crippen LogP) is -0.297. The van der Waals surface area contributed by atoms with Crippen LogP contribution in [0.3, 0.4) is 0 Å². The highest BCUT2D eigenvalue weighted by Crippen LogP contribution is 2.28. The van der Waals surface area contributed by atoms with E-state index in [0.717, 1.165) is 25.7 Å². The predicted molar refractivity (Wildman–Crippen MR) is 65.8 cm³/mol. The minimum Gasteiger partial charge on any atom is -0.479 e. The first-order chi connectivity index (χ1) is 8.54. The smallest absolute Gasteiger partial charge is 0.332 e. The number of nitrogens with two attached hydrogens (primary N) is 1. The summed E-state index contributed by atoms with van der Waals surface area (Å²) in [5, 5.41) is 20.2. The van der Waals surface area contributed by atoms with Gasteiger partial charge in [-0.05, 0) is 38.1 Å². The Balaban J connectivity index is 2.19. The minimum atomic E-state index is -1.40. The van der Waals surface area contributed by atoms with E-state index in [0.29, 0.717) is 12.5 Å². The molecular weight excluding hydrogens is 236 g/mol. The number of carbonyl (C=O) groups excluding carboxylic acids is 1. The van der Waals surface area contributed by atoms with Crippen molar-refractivity contribution in [2.24, 2.45) is 17.6 Å². The van der Waals surface area contributed by atoms with E-state index in [-0.39, 0.29) is 24.8 Å². The summed E-state index contributed by atoms with van der Waals surface area (Å²) in [5.41, 5.74) is 5.58. The molecule has 0 saturated heterocycles. The summed E-state index contributed by atoms with van der Waals surface area (Å²) < 4.78 is 0. The van der Waals surface area contributed by atoms with Gasteiger partial charge in [0.15, 0.2) is 6.10 Å². The summed E-state index contributed by atoms with van der Waals surface area (Å²) >= 11 is 0. The standard InChI is InChI=1S/C12H22N2O4/c13-7-8-1-3-9(4-2-8)11(16)14-6-5-10(15)12(17)18/h8-10,15H,1-7,13H2,(H,14,16)(H,17,18). The van der Waals surface area contributed by atoms with Crippen molar-refractivity contribution in [1.82, 2.24) is 5.32 Å². The number of carboxylic acids is 1. The number of hydrogen-bond donors (Lipinski definition) is 4. The molecule has 104 valence electrons. The molecule has 0 aliphatic heterocycles. The van der Waals surface area contributed by atoms with Gasteiger partial charge in [0.25, 0.3) is 0 Å². The molecule has 1 aliphatic carbocycles. The van der Waals surface area contributed by atoms with E-state index in [4.69, 9.17) is 15.9 Å². The third-order valence-corrected chi connectivity index (χ3v) is 3.55. The van der Waals surface area contributed by atoms with Gasteiger partial charge in [0.05, 0.1) is 0 Å². The monoisotopic (exact) mass is 258 g/mol. The molecule has 1 rings (SSSR count). The highest BCUT2D eigenvalue weighted by molar-refractivity contribution is 5.78. The molecule has 1 fully saturated rings. The lowest BCUT2D eigenvalue weighted by Gasteiger charge is -2.26. The fourth-order valence-corrected chi connectivity index (χ4v) is 2.26. The zero-order valence-electron chi connectivity index (χ0n) is 10.5. The van der Waals surface area contributed by atoms with Crippen molar-refractivity contribution in [1.29, 1.82) is 0 Å². The van der Waals surface area contributed by atoms with Crippen molar-refractivity contribution < 1.29 is 19.8 Å². The normalized spacial score (nSPS) is 25.4. The fraction of sp³-hybridized carbons (Fsp3) is 0.833. The molecule has 0 spiro atoms. The lowest BCUT2D eigenvalue weighted by atomic mass is 9.81. The van der Waals surface area contributed by atoms with E-state index in [1.165, 1.54) is 0 Å². The Morgan fingerprint density at radius 3 is 2.39 bits per heavy atom. The third kappa shape index (κ3) is 4.62. The molecule has 1 amide bonds. The van der Waals surface area contributed by atoms with Crippen LogP contribution in [0, 0.1) is 11.8 Å². The van der Waals surface area contributed by atoms with Gasteiger partial charge in [-0.2, -0.15) is 0 Å². The Bertz CT molecular complexity index is 288. The average Bonchev–Trinajstić information content (AvgIpc) is 2.38. The molecule has 0 aromatic heterocycles. The molecule has 1 atom stereocenters. The number of amides is 1. The number of aliphatic hydroxyl groups is 1. The van der Waals surface area contributed by atoms with Crippen molar-refractivity contribution in [2.75, 3.05) is 13.1 Å². The van der Waals surface area contributed by atoms with Crippen LogP contribution in [0.1, 0.15) is 32.1 Å². The largest absolute Gasteiger partial charge is 0.479 e. The number of aliphatic carboxylic acids is 1. The van der Waals surface area contributed by atoms with Crippen molar-refractivity contribution >= 4 is 11.9 Å². The van der Waals surface area contributed by atoms with E-state index in [1.807, 2.05) is 0 Å². The average molecular weight is 258 g/mol. The second-order valence-corrected chi connectivity index (χ2v) is 4.89. The number of carboxylic acid groups (broad SMARTS) is 1. The highest BCUT2D eigenvalue weighted by atomic mass is 16.4. The SMILES string of the molecule is NCC1CCC(C(=O)NCCC(O)C(=O)O)CC1. The maximum Gasteiger partial charge on any atom is 0.332 e. The third-order valence-electron chi connectivity index (χ3n) is 3.55. The van der Waals surface area contributed by atoms with Crippen LogP contribution in [0.5, 0.6) is 0 Å². The zero-order chi connectivity index (χ0) is 13.5.